The fourth-order valence-corrected chi connectivity index (χ4v) is 3.83. The zero-order chi connectivity index (χ0) is 13.8. The molecule has 0 fully saturated rings. The Morgan fingerprint density at radius 1 is 1.33 bits per heavy atom. The second-order valence-electron chi connectivity index (χ2n) is 3.54. The molecule has 0 radical (unpaired) electrons. The average molecular weight is 395 g/mol. The summed E-state index contributed by atoms with van der Waals surface area (Å²) in [5.41, 5.74) is -0.241. The number of halogens is 5. The van der Waals surface area contributed by atoms with Crippen molar-refractivity contribution in [2.45, 2.75) is 13.9 Å². The van der Waals surface area contributed by atoms with Gasteiger partial charge in [0.1, 0.15) is 0 Å². The predicted molar refractivity (Wildman–Crippen MR) is 73.1 cm³/mol. The minimum Gasteiger partial charge on any atom is -0.250 e. The minimum atomic E-state index is -4.14. The van der Waals surface area contributed by atoms with Crippen molar-refractivity contribution in [3.63, 3.8) is 0 Å². The Morgan fingerprint density at radius 3 is 2.50 bits per heavy atom. The van der Waals surface area contributed by atoms with Crippen LogP contribution in [0.2, 0.25) is 0 Å². The smallest absolute Gasteiger partial charge is 0.250 e. The first kappa shape index (κ1) is 14.5. The van der Waals surface area contributed by atoms with Crippen molar-refractivity contribution < 1.29 is 12.8 Å². The molecule has 9 heteroatoms. The third kappa shape index (κ3) is 2.41. The summed E-state index contributed by atoms with van der Waals surface area (Å²) in [5.74, 6) is 0. The van der Waals surface area contributed by atoms with E-state index in [0.717, 1.165) is 6.21 Å². The Morgan fingerprint density at radius 2 is 1.94 bits per heavy atom. The first-order valence-electron chi connectivity index (χ1n) is 4.46. The van der Waals surface area contributed by atoms with Gasteiger partial charge in [-0.05, 0) is 22.0 Å². The van der Waals surface area contributed by atoms with Crippen LogP contribution < -0.4 is 0 Å². The molecule has 2 rings (SSSR count). The molecular formula is C9H4BrCl3FNO2S. The van der Waals surface area contributed by atoms with E-state index >= 15 is 0 Å². The van der Waals surface area contributed by atoms with Gasteiger partial charge in [-0.3, -0.25) is 4.99 Å². The van der Waals surface area contributed by atoms with Gasteiger partial charge in [0.2, 0.25) is 9.04 Å². The quantitative estimate of drug-likeness (QED) is 0.412. The SMILES string of the molecule is O=S(=O)(Cl)c1cccc2c1C(F)(Br)C=NC2(Cl)Cl. The summed E-state index contributed by atoms with van der Waals surface area (Å²) < 4.78 is 33.2. The van der Waals surface area contributed by atoms with Gasteiger partial charge in [0.25, 0.3) is 9.05 Å². The molecule has 0 saturated carbocycles. The average Bonchev–Trinajstić information content (AvgIpc) is 2.23. The van der Waals surface area contributed by atoms with E-state index < -0.39 is 23.0 Å². The van der Waals surface area contributed by atoms with Crippen molar-refractivity contribution in [1.29, 1.82) is 0 Å². The van der Waals surface area contributed by atoms with Gasteiger partial charge in [-0.15, -0.1) is 0 Å². The highest BCUT2D eigenvalue weighted by molar-refractivity contribution is 9.10. The number of hydrogen-bond acceptors (Lipinski definition) is 3. The predicted octanol–water partition coefficient (Wildman–Crippen LogP) is 3.80. The Kier molecular flexibility index (Phi) is 3.48. The molecule has 3 nitrogen and oxygen atoms in total. The van der Waals surface area contributed by atoms with Gasteiger partial charge in [-0.1, -0.05) is 35.3 Å². The normalized spacial score (nSPS) is 25.8. The Labute approximate surface area is 125 Å². The largest absolute Gasteiger partial charge is 0.261 e. The zero-order valence-electron chi connectivity index (χ0n) is 8.37. The van der Waals surface area contributed by atoms with Crippen molar-refractivity contribution in [2.24, 2.45) is 4.99 Å². The Balaban J connectivity index is 2.89. The summed E-state index contributed by atoms with van der Waals surface area (Å²) in [6.45, 7) is 0. The number of aliphatic imine (C=N–C) groups is 1. The third-order valence-electron chi connectivity index (χ3n) is 2.34. The molecule has 1 aromatic carbocycles. The molecule has 1 heterocycles. The molecule has 0 N–H and O–H groups in total. The summed E-state index contributed by atoms with van der Waals surface area (Å²) in [6.07, 6.45) is 0.793. The van der Waals surface area contributed by atoms with Gasteiger partial charge in [0.05, 0.1) is 11.1 Å². The molecular weight excluding hydrogens is 391 g/mol. The monoisotopic (exact) mass is 393 g/mol. The lowest BCUT2D eigenvalue weighted by atomic mass is 10.0. The van der Waals surface area contributed by atoms with Crippen LogP contribution in [0.25, 0.3) is 0 Å². The third-order valence-corrected chi connectivity index (χ3v) is 4.90. The Bertz CT molecular complexity index is 645. The summed E-state index contributed by atoms with van der Waals surface area (Å²) in [5, 5.41) is 0. The lowest BCUT2D eigenvalue weighted by Crippen LogP contribution is -2.28. The molecule has 0 aromatic heterocycles. The molecule has 0 spiro atoms. The van der Waals surface area contributed by atoms with E-state index in [2.05, 4.69) is 20.9 Å². The van der Waals surface area contributed by atoms with E-state index in [1.807, 2.05) is 0 Å². The van der Waals surface area contributed by atoms with E-state index in [1.54, 1.807) is 0 Å². The highest BCUT2D eigenvalue weighted by Gasteiger charge is 2.45. The summed E-state index contributed by atoms with van der Waals surface area (Å²) in [6, 6.07) is 3.91. The van der Waals surface area contributed by atoms with Crippen LogP contribution >= 0.6 is 49.8 Å². The van der Waals surface area contributed by atoms with E-state index in [9.17, 15) is 12.8 Å². The first-order valence-corrected chi connectivity index (χ1v) is 8.32. The molecule has 0 aliphatic carbocycles. The molecule has 1 atom stereocenters. The van der Waals surface area contributed by atoms with Crippen LogP contribution in [-0.2, 0) is 18.1 Å². The van der Waals surface area contributed by atoms with E-state index in [1.165, 1.54) is 18.2 Å². The van der Waals surface area contributed by atoms with Gasteiger partial charge >= 0.3 is 0 Å². The lowest BCUT2D eigenvalue weighted by molar-refractivity contribution is 0.393. The molecule has 98 valence electrons. The van der Waals surface area contributed by atoms with Crippen molar-refractivity contribution in [1.82, 2.24) is 0 Å². The van der Waals surface area contributed by atoms with Crippen molar-refractivity contribution >= 4 is 65.1 Å². The lowest BCUT2D eigenvalue weighted by Gasteiger charge is -2.29. The van der Waals surface area contributed by atoms with Crippen LogP contribution in [0.1, 0.15) is 11.1 Å². The summed E-state index contributed by atoms with van der Waals surface area (Å²) >= 11 is 14.5. The van der Waals surface area contributed by atoms with Crippen molar-refractivity contribution in [2.75, 3.05) is 0 Å². The molecule has 1 aromatic rings. The van der Waals surface area contributed by atoms with Gasteiger partial charge in [-0.2, -0.15) is 0 Å². The van der Waals surface area contributed by atoms with E-state index in [4.69, 9.17) is 33.9 Å². The van der Waals surface area contributed by atoms with Crippen molar-refractivity contribution in [3.8, 4) is 0 Å². The highest BCUT2D eigenvalue weighted by Crippen LogP contribution is 2.50. The molecule has 18 heavy (non-hydrogen) atoms. The van der Waals surface area contributed by atoms with Crippen LogP contribution in [-0.4, -0.2) is 14.6 Å². The number of nitrogens with zero attached hydrogens (tertiary/aromatic N) is 1. The molecule has 1 aliphatic rings. The number of fused-ring (bicyclic) bond motifs is 1. The fraction of sp³-hybridized carbons (Fsp3) is 0.222. The minimum absolute atomic E-state index is 0.0226. The topological polar surface area (TPSA) is 46.5 Å². The highest BCUT2D eigenvalue weighted by atomic mass is 79.9. The number of alkyl halides is 4. The van der Waals surface area contributed by atoms with Crippen LogP contribution in [0.15, 0.2) is 28.1 Å². The summed E-state index contributed by atoms with van der Waals surface area (Å²) in [7, 11) is 1.13. The van der Waals surface area contributed by atoms with Gasteiger partial charge in [0, 0.05) is 21.8 Å². The maximum Gasteiger partial charge on any atom is 0.261 e. The molecule has 0 saturated heterocycles. The molecule has 0 bridgehead atoms. The van der Waals surface area contributed by atoms with E-state index in [0.29, 0.717) is 0 Å². The van der Waals surface area contributed by atoms with E-state index in [-0.39, 0.29) is 11.1 Å². The second kappa shape index (κ2) is 4.31. The number of hydrogen-bond donors (Lipinski definition) is 0. The van der Waals surface area contributed by atoms with Crippen LogP contribution in [0.5, 0.6) is 0 Å². The maximum absolute atomic E-state index is 14.3. The van der Waals surface area contributed by atoms with Crippen LogP contribution in [0, 0.1) is 0 Å². The summed E-state index contributed by atoms with van der Waals surface area (Å²) in [4.78, 5) is 3.22. The zero-order valence-corrected chi connectivity index (χ0v) is 13.0. The molecule has 1 aliphatic heterocycles. The van der Waals surface area contributed by atoms with Crippen LogP contribution in [0.3, 0.4) is 0 Å². The number of benzene rings is 1. The van der Waals surface area contributed by atoms with Crippen molar-refractivity contribution in [3.05, 3.63) is 29.3 Å². The molecule has 1 unspecified atom stereocenters. The first-order chi connectivity index (χ1) is 8.06. The van der Waals surface area contributed by atoms with Gasteiger partial charge < -0.3 is 0 Å². The second-order valence-corrected chi connectivity index (χ2v) is 8.51. The van der Waals surface area contributed by atoms with Gasteiger partial charge in [0.15, 0.2) is 0 Å². The van der Waals surface area contributed by atoms with Crippen LogP contribution in [0.4, 0.5) is 4.39 Å². The standard InChI is InChI=1S/C9H4BrCl3FNO2S/c10-8(14)4-15-9(11,12)5-2-1-3-6(7(5)8)18(13,16)17/h1-4H. The Hall–Kier alpha value is 0.120. The maximum atomic E-state index is 14.3. The van der Waals surface area contributed by atoms with Gasteiger partial charge in [-0.25, -0.2) is 12.8 Å². The molecule has 0 amide bonds. The fourth-order valence-electron chi connectivity index (χ4n) is 1.63. The number of rotatable bonds is 1.